The van der Waals surface area contributed by atoms with E-state index in [4.69, 9.17) is 5.26 Å². The number of nitrogens with zero attached hydrogens (tertiary/aromatic N) is 1. The lowest BCUT2D eigenvalue weighted by atomic mass is 9.79. The van der Waals surface area contributed by atoms with Crippen LogP contribution in [-0.4, -0.2) is 10.9 Å². The second kappa shape index (κ2) is 3.92. The molecule has 0 amide bonds. The Bertz CT molecular complexity index is 499. The second-order valence-corrected chi connectivity index (χ2v) is 3.80. The number of nitriles is 1. The summed E-state index contributed by atoms with van der Waals surface area (Å²) >= 11 is 0. The van der Waals surface area contributed by atoms with Gasteiger partial charge in [0.2, 0.25) is 0 Å². The Balaban J connectivity index is 2.49. The maximum atomic E-state index is 11.7. The standard InChI is InChI=1S/C13H11NO2/c14-9-3-8-13(16)11-5-2-1-4-10(11)6-7-12(13)15/h1-2,4-7,16H,3,8H2. The summed E-state index contributed by atoms with van der Waals surface area (Å²) < 4.78 is 0. The first kappa shape index (κ1) is 10.6. The van der Waals surface area contributed by atoms with Gasteiger partial charge in [-0.15, -0.1) is 0 Å². The van der Waals surface area contributed by atoms with E-state index in [9.17, 15) is 9.90 Å². The molecule has 3 nitrogen and oxygen atoms in total. The molecule has 1 aliphatic rings. The summed E-state index contributed by atoms with van der Waals surface area (Å²) in [5, 5.41) is 18.9. The summed E-state index contributed by atoms with van der Waals surface area (Å²) in [6.45, 7) is 0. The molecule has 1 aromatic carbocycles. The van der Waals surface area contributed by atoms with E-state index in [1.165, 1.54) is 6.08 Å². The zero-order chi connectivity index (χ0) is 11.6. The molecule has 0 aliphatic heterocycles. The van der Waals surface area contributed by atoms with Gasteiger partial charge < -0.3 is 5.11 Å². The number of benzene rings is 1. The molecule has 0 aromatic heterocycles. The summed E-state index contributed by atoms with van der Waals surface area (Å²) in [4.78, 5) is 11.7. The van der Waals surface area contributed by atoms with E-state index in [2.05, 4.69) is 0 Å². The predicted octanol–water partition coefficient (Wildman–Crippen LogP) is 1.77. The van der Waals surface area contributed by atoms with Crippen molar-refractivity contribution in [1.29, 1.82) is 5.26 Å². The van der Waals surface area contributed by atoms with E-state index in [-0.39, 0.29) is 18.6 Å². The first-order valence-corrected chi connectivity index (χ1v) is 5.10. The summed E-state index contributed by atoms with van der Waals surface area (Å²) in [5.41, 5.74) is -0.0959. The highest BCUT2D eigenvalue weighted by molar-refractivity contribution is 6.03. The van der Waals surface area contributed by atoms with Crippen molar-refractivity contribution in [1.82, 2.24) is 0 Å². The minimum absolute atomic E-state index is 0.143. The Morgan fingerprint density at radius 2 is 2.06 bits per heavy atom. The number of fused-ring (bicyclic) bond motifs is 1. The third kappa shape index (κ3) is 1.54. The van der Waals surface area contributed by atoms with Crippen molar-refractivity contribution in [2.75, 3.05) is 0 Å². The molecule has 0 heterocycles. The molecular weight excluding hydrogens is 202 g/mol. The van der Waals surface area contributed by atoms with Gasteiger partial charge in [0.1, 0.15) is 0 Å². The van der Waals surface area contributed by atoms with Gasteiger partial charge in [-0.1, -0.05) is 30.3 Å². The Hall–Kier alpha value is -1.92. The molecule has 0 saturated heterocycles. The van der Waals surface area contributed by atoms with Gasteiger partial charge in [0, 0.05) is 12.8 Å². The molecule has 1 unspecified atom stereocenters. The molecule has 1 aromatic rings. The smallest absolute Gasteiger partial charge is 0.191 e. The maximum absolute atomic E-state index is 11.7. The van der Waals surface area contributed by atoms with E-state index in [0.29, 0.717) is 5.56 Å². The van der Waals surface area contributed by atoms with Crippen molar-refractivity contribution < 1.29 is 9.90 Å². The van der Waals surface area contributed by atoms with Gasteiger partial charge in [0.15, 0.2) is 11.4 Å². The van der Waals surface area contributed by atoms with Gasteiger partial charge in [0.25, 0.3) is 0 Å². The molecular formula is C13H11NO2. The summed E-state index contributed by atoms with van der Waals surface area (Å²) in [6, 6.07) is 9.16. The first-order valence-electron chi connectivity index (χ1n) is 5.10. The molecule has 1 N–H and O–H groups in total. The van der Waals surface area contributed by atoms with Crippen LogP contribution in [-0.2, 0) is 10.4 Å². The van der Waals surface area contributed by atoms with E-state index in [1.54, 1.807) is 18.2 Å². The predicted molar refractivity (Wildman–Crippen MR) is 59.2 cm³/mol. The number of hydrogen-bond acceptors (Lipinski definition) is 3. The van der Waals surface area contributed by atoms with E-state index < -0.39 is 5.60 Å². The van der Waals surface area contributed by atoms with Gasteiger partial charge in [0.05, 0.1) is 6.07 Å². The Kier molecular flexibility index (Phi) is 2.59. The molecule has 0 radical (unpaired) electrons. The van der Waals surface area contributed by atoms with Crippen molar-refractivity contribution in [3.63, 3.8) is 0 Å². The lowest BCUT2D eigenvalue weighted by Gasteiger charge is -2.29. The summed E-state index contributed by atoms with van der Waals surface area (Å²) in [7, 11) is 0. The van der Waals surface area contributed by atoms with Crippen molar-refractivity contribution in [2.45, 2.75) is 18.4 Å². The van der Waals surface area contributed by atoms with Crippen LogP contribution in [0.5, 0.6) is 0 Å². The normalized spacial score (nSPS) is 22.6. The molecule has 0 saturated carbocycles. The van der Waals surface area contributed by atoms with Crippen molar-refractivity contribution in [3.05, 3.63) is 41.5 Å². The molecule has 80 valence electrons. The van der Waals surface area contributed by atoms with E-state index >= 15 is 0 Å². The summed E-state index contributed by atoms with van der Waals surface area (Å²) in [6.07, 6.45) is 3.37. The van der Waals surface area contributed by atoms with Crippen LogP contribution in [0.25, 0.3) is 6.08 Å². The largest absolute Gasteiger partial charge is 0.377 e. The molecule has 1 aliphatic carbocycles. The highest BCUT2D eigenvalue weighted by atomic mass is 16.3. The lowest BCUT2D eigenvalue weighted by Crippen LogP contribution is -2.36. The molecule has 0 spiro atoms. The Morgan fingerprint density at radius 1 is 1.31 bits per heavy atom. The molecule has 0 bridgehead atoms. The SMILES string of the molecule is N#CCCC1(O)C(=O)C=Cc2ccccc21. The number of aliphatic hydroxyl groups is 1. The van der Waals surface area contributed by atoms with Crippen LogP contribution in [0.2, 0.25) is 0 Å². The van der Waals surface area contributed by atoms with Crippen LogP contribution in [0, 0.1) is 11.3 Å². The minimum Gasteiger partial charge on any atom is -0.377 e. The highest BCUT2D eigenvalue weighted by Crippen LogP contribution is 2.34. The Labute approximate surface area is 93.6 Å². The zero-order valence-corrected chi connectivity index (χ0v) is 8.68. The van der Waals surface area contributed by atoms with E-state index in [1.807, 2.05) is 18.2 Å². The van der Waals surface area contributed by atoms with E-state index in [0.717, 1.165) is 5.56 Å². The quantitative estimate of drug-likeness (QED) is 0.814. The number of carbonyl (C=O) groups excluding carboxylic acids is 1. The minimum atomic E-state index is -1.53. The van der Waals surface area contributed by atoms with Crippen molar-refractivity contribution in [3.8, 4) is 6.07 Å². The zero-order valence-electron chi connectivity index (χ0n) is 8.68. The van der Waals surface area contributed by atoms with Crippen LogP contribution in [0.3, 0.4) is 0 Å². The lowest BCUT2D eigenvalue weighted by molar-refractivity contribution is -0.134. The Morgan fingerprint density at radius 3 is 2.81 bits per heavy atom. The average Bonchev–Trinajstić information content (AvgIpc) is 2.32. The fourth-order valence-electron chi connectivity index (χ4n) is 1.95. The third-order valence-electron chi connectivity index (χ3n) is 2.83. The van der Waals surface area contributed by atoms with Gasteiger partial charge in [-0.3, -0.25) is 4.79 Å². The van der Waals surface area contributed by atoms with Gasteiger partial charge >= 0.3 is 0 Å². The molecule has 2 rings (SSSR count). The maximum Gasteiger partial charge on any atom is 0.191 e. The van der Waals surface area contributed by atoms with Gasteiger partial charge in [-0.2, -0.15) is 5.26 Å². The third-order valence-corrected chi connectivity index (χ3v) is 2.83. The van der Waals surface area contributed by atoms with Gasteiger partial charge in [-0.05, 0) is 17.2 Å². The molecule has 16 heavy (non-hydrogen) atoms. The number of hydrogen-bond donors (Lipinski definition) is 1. The molecule has 0 fully saturated rings. The highest BCUT2D eigenvalue weighted by Gasteiger charge is 2.38. The number of carbonyl (C=O) groups is 1. The van der Waals surface area contributed by atoms with Crippen LogP contribution in [0.1, 0.15) is 24.0 Å². The van der Waals surface area contributed by atoms with Crippen LogP contribution in [0.15, 0.2) is 30.3 Å². The fourth-order valence-corrected chi connectivity index (χ4v) is 1.95. The van der Waals surface area contributed by atoms with Gasteiger partial charge in [-0.25, -0.2) is 0 Å². The average molecular weight is 213 g/mol. The number of ketones is 1. The monoisotopic (exact) mass is 213 g/mol. The second-order valence-electron chi connectivity index (χ2n) is 3.80. The molecule has 3 heteroatoms. The first-order chi connectivity index (χ1) is 7.68. The van der Waals surface area contributed by atoms with Crippen molar-refractivity contribution in [2.24, 2.45) is 0 Å². The van der Waals surface area contributed by atoms with Crippen molar-refractivity contribution >= 4 is 11.9 Å². The fraction of sp³-hybridized carbons (Fsp3) is 0.231. The molecule has 1 atom stereocenters. The van der Waals surface area contributed by atoms with Crippen LogP contribution in [0.4, 0.5) is 0 Å². The van der Waals surface area contributed by atoms with Crippen LogP contribution < -0.4 is 0 Å². The van der Waals surface area contributed by atoms with Crippen LogP contribution >= 0.6 is 0 Å². The number of rotatable bonds is 2. The topological polar surface area (TPSA) is 61.1 Å². The summed E-state index contributed by atoms with van der Waals surface area (Å²) in [5.74, 6) is -0.346.